The lowest BCUT2D eigenvalue weighted by Gasteiger charge is -2.14. The summed E-state index contributed by atoms with van der Waals surface area (Å²) in [6.45, 7) is 8.73. The average molecular weight is 274 g/mol. The van der Waals surface area contributed by atoms with Gasteiger partial charge in [0.2, 0.25) is 0 Å². The largest absolute Gasteiger partial charge is 0.311 e. The minimum absolute atomic E-state index is 0. The van der Waals surface area contributed by atoms with E-state index in [2.05, 4.69) is 41.9 Å². The molecule has 1 aromatic rings. The first-order valence-electron chi connectivity index (χ1n) is 7.02. The van der Waals surface area contributed by atoms with E-state index < -0.39 is 0 Å². The van der Waals surface area contributed by atoms with Gasteiger partial charge in [0.25, 0.3) is 0 Å². The highest BCUT2D eigenvalue weighted by molar-refractivity contribution is 5.85. The highest BCUT2D eigenvalue weighted by Crippen LogP contribution is 2.11. The van der Waals surface area contributed by atoms with Crippen LogP contribution < -0.4 is 5.32 Å². The smallest absolute Gasteiger partial charge is 0.0525 e. The normalized spacial score (nSPS) is 12.2. The molecule has 0 aromatic carbocycles. The van der Waals surface area contributed by atoms with Gasteiger partial charge in [-0.25, -0.2) is 0 Å². The van der Waals surface area contributed by atoms with Gasteiger partial charge in [-0.2, -0.15) is 5.10 Å². The van der Waals surface area contributed by atoms with Crippen molar-refractivity contribution in [2.75, 3.05) is 6.54 Å². The quantitative estimate of drug-likeness (QED) is 0.691. The van der Waals surface area contributed by atoms with Gasteiger partial charge in [0.1, 0.15) is 0 Å². The van der Waals surface area contributed by atoms with Crippen LogP contribution in [0.3, 0.4) is 0 Å². The van der Waals surface area contributed by atoms with Crippen LogP contribution in [-0.4, -0.2) is 16.3 Å². The Bertz CT molecular complexity index is 299. The number of nitrogens with zero attached hydrogens (tertiary/aromatic N) is 2. The SMILES string of the molecule is CCCCCCNCc1ccnn1C(C)CC.Cl. The third kappa shape index (κ3) is 5.87. The van der Waals surface area contributed by atoms with E-state index in [1.165, 1.54) is 31.4 Å². The molecule has 18 heavy (non-hydrogen) atoms. The Labute approximate surface area is 118 Å². The Balaban J connectivity index is 0.00000289. The molecule has 1 N–H and O–H groups in total. The topological polar surface area (TPSA) is 29.9 Å². The predicted molar refractivity (Wildman–Crippen MR) is 80.3 cm³/mol. The maximum absolute atomic E-state index is 4.39. The zero-order valence-corrected chi connectivity index (χ0v) is 12.8. The van der Waals surface area contributed by atoms with Crippen LogP contribution in [-0.2, 0) is 6.54 Å². The van der Waals surface area contributed by atoms with E-state index in [-0.39, 0.29) is 12.4 Å². The fourth-order valence-electron chi connectivity index (χ4n) is 1.94. The van der Waals surface area contributed by atoms with Crippen molar-refractivity contribution in [1.29, 1.82) is 0 Å². The average Bonchev–Trinajstić information content (AvgIpc) is 2.81. The summed E-state index contributed by atoms with van der Waals surface area (Å²) in [4.78, 5) is 0. The molecule has 106 valence electrons. The Morgan fingerprint density at radius 1 is 1.28 bits per heavy atom. The molecule has 1 heterocycles. The van der Waals surface area contributed by atoms with Crippen LogP contribution in [0.25, 0.3) is 0 Å². The maximum Gasteiger partial charge on any atom is 0.0525 e. The Hall–Kier alpha value is -0.540. The molecule has 0 aliphatic carbocycles. The van der Waals surface area contributed by atoms with Crippen molar-refractivity contribution < 1.29 is 0 Å². The van der Waals surface area contributed by atoms with E-state index in [1.807, 2.05) is 6.20 Å². The molecular weight excluding hydrogens is 246 g/mol. The molecule has 0 aliphatic rings. The molecule has 0 amide bonds. The number of aromatic nitrogens is 2. The third-order valence-electron chi connectivity index (χ3n) is 3.27. The first kappa shape index (κ1) is 17.5. The van der Waals surface area contributed by atoms with Crippen LogP contribution in [0.4, 0.5) is 0 Å². The number of rotatable bonds is 9. The Morgan fingerprint density at radius 3 is 2.72 bits per heavy atom. The van der Waals surface area contributed by atoms with Crippen molar-refractivity contribution in [3.05, 3.63) is 18.0 Å². The van der Waals surface area contributed by atoms with Crippen molar-refractivity contribution in [2.45, 2.75) is 65.5 Å². The van der Waals surface area contributed by atoms with Crippen molar-refractivity contribution in [3.8, 4) is 0 Å². The second kappa shape index (κ2) is 10.4. The summed E-state index contributed by atoms with van der Waals surface area (Å²) < 4.78 is 2.14. The molecule has 1 aromatic heterocycles. The van der Waals surface area contributed by atoms with Crippen LogP contribution in [0.5, 0.6) is 0 Å². The number of unbranched alkanes of at least 4 members (excludes halogenated alkanes) is 3. The Morgan fingerprint density at radius 2 is 2.06 bits per heavy atom. The highest BCUT2D eigenvalue weighted by atomic mass is 35.5. The van der Waals surface area contributed by atoms with E-state index in [0.717, 1.165) is 19.5 Å². The minimum Gasteiger partial charge on any atom is -0.311 e. The lowest BCUT2D eigenvalue weighted by molar-refractivity contribution is 0.450. The second-order valence-corrected chi connectivity index (χ2v) is 4.76. The first-order valence-corrected chi connectivity index (χ1v) is 7.02. The van der Waals surface area contributed by atoms with E-state index in [9.17, 15) is 0 Å². The predicted octanol–water partition coefficient (Wildman–Crippen LogP) is 3.95. The van der Waals surface area contributed by atoms with Crippen LogP contribution in [0.15, 0.2) is 12.3 Å². The van der Waals surface area contributed by atoms with E-state index in [0.29, 0.717) is 6.04 Å². The lowest BCUT2D eigenvalue weighted by atomic mass is 10.2. The summed E-state index contributed by atoms with van der Waals surface area (Å²) in [7, 11) is 0. The first-order chi connectivity index (χ1) is 8.29. The van der Waals surface area contributed by atoms with E-state index >= 15 is 0 Å². The molecule has 0 bridgehead atoms. The lowest BCUT2D eigenvalue weighted by Crippen LogP contribution is -2.19. The fraction of sp³-hybridized carbons (Fsp3) is 0.786. The van der Waals surface area contributed by atoms with Crippen LogP contribution in [0.2, 0.25) is 0 Å². The molecule has 0 saturated carbocycles. The molecule has 3 nitrogen and oxygen atoms in total. The maximum atomic E-state index is 4.39. The molecule has 0 spiro atoms. The van der Waals surface area contributed by atoms with Crippen molar-refractivity contribution in [2.24, 2.45) is 0 Å². The monoisotopic (exact) mass is 273 g/mol. The van der Waals surface area contributed by atoms with Crippen LogP contribution >= 0.6 is 12.4 Å². The molecular formula is C14H28ClN3. The summed E-state index contributed by atoms with van der Waals surface area (Å²) in [5, 5.41) is 7.90. The van der Waals surface area contributed by atoms with Gasteiger partial charge in [-0.15, -0.1) is 12.4 Å². The Kier molecular flexibility index (Phi) is 10.1. The molecule has 1 atom stereocenters. The molecule has 1 unspecified atom stereocenters. The summed E-state index contributed by atoms with van der Waals surface area (Å²) in [6, 6.07) is 2.62. The van der Waals surface area contributed by atoms with Crippen LogP contribution in [0, 0.1) is 0 Å². The van der Waals surface area contributed by atoms with Gasteiger partial charge < -0.3 is 5.32 Å². The van der Waals surface area contributed by atoms with Crippen molar-refractivity contribution >= 4 is 12.4 Å². The molecule has 0 aliphatic heterocycles. The van der Waals surface area contributed by atoms with Gasteiger partial charge in [0, 0.05) is 18.8 Å². The fourth-order valence-corrected chi connectivity index (χ4v) is 1.94. The van der Waals surface area contributed by atoms with E-state index in [4.69, 9.17) is 0 Å². The number of hydrogen-bond donors (Lipinski definition) is 1. The van der Waals surface area contributed by atoms with Gasteiger partial charge in [-0.05, 0) is 32.4 Å². The van der Waals surface area contributed by atoms with Gasteiger partial charge in [-0.3, -0.25) is 4.68 Å². The summed E-state index contributed by atoms with van der Waals surface area (Å²) in [5.41, 5.74) is 1.30. The summed E-state index contributed by atoms with van der Waals surface area (Å²) in [6.07, 6.45) is 8.32. The molecule has 1 rings (SSSR count). The van der Waals surface area contributed by atoms with Gasteiger partial charge in [0.05, 0.1) is 5.69 Å². The number of hydrogen-bond acceptors (Lipinski definition) is 2. The zero-order valence-electron chi connectivity index (χ0n) is 12.0. The van der Waals surface area contributed by atoms with Crippen LogP contribution in [0.1, 0.15) is 64.6 Å². The van der Waals surface area contributed by atoms with Crippen molar-refractivity contribution in [1.82, 2.24) is 15.1 Å². The minimum atomic E-state index is 0. The highest BCUT2D eigenvalue weighted by Gasteiger charge is 2.07. The standard InChI is InChI=1S/C14H27N3.ClH/c1-4-6-7-8-10-15-12-14-9-11-16-17(14)13(3)5-2;/h9,11,13,15H,4-8,10,12H2,1-3H3;1H. The molecule has 0 saturated heterocycles. The van der Waals surface area contributed by atoms with Gasteiger partial charge >= 0.3 is 0 Å². The summed E-state index contributed by atoms with van der Waals surface area (Å²) >= 11 is 0. The number of nitrogens with one attached hydrogen (secondary N) is 1. The summed E-state index contributed by atoms with van der Waals surface area (Å²) in [5.74, 6) is 0. The molecule has 0 radical (unpaired) electrons. The second-order valence-electron chi connectivity index (χ2n) is 4.76. The third-order valence-corrected chi connectivity index (χ3v) is 3.27. The molecule has 0 fully saturated rings. The van der Waals surface area contributed by atoms with E-state index in [1.54, 1.807) is 0 Å². The zero-order chi connectivity index (χ0) is 12.5. The van der Waals surface area contributed by atoms with Crippen molar-refractivity contribution in [3.63, 3.8) is 0 Å². The van der Waals surface area contributed by atoms with Gasteiger partial charge in [-0.1, -0.05) is 33.1 Å². The number of halogens is 1. The molecule has 4 heteroatoms. The van der Waals surface area contributed by atoms with Gasteiger partial charge in [0.15, 0.2) is 0 Å².